The van der Waals surface area contributed by atoms with Gasteiger partial charge in [-0.25, -0.2) is 9.97 Å². The maximum absolute atomic E-state index is 6.00. The quantitative estimate of drug-likeness (QED) is 0.523. The molecule has 0 unspecified atom stereocenters. The van der Waals surface area contributed by atoms with Gasteiger partial charge in [-0.15, -0.1) is 0 Å². The van der Waals surface area contributed by atoms with Gasteiger partial charge in [0.15, 0.2) is 0 Å². The van der Waals surface area contributed by atoms with Crippen molar-refractivity contribution in [2.45, 2.75) is 0 Å². The van der Waals surface area contributed by atoms with Crippen LogP contribution in [0.15, 0.2) is 79.1 Å². The van der Waals surface area contributed by atoms with Crippen molar-refractivity contribution in [1.82, 2.24) is 9.97 Å². The third-order valence-corrected chi connectivity index (χ3v) is 4.13. The SMILES string of the molecule is Clc1ccc(-c2ccccc2Nc2ncnc3ccccc23)cc1. The molecule has 1 N–H and O–H groups in total. The first-order chi connectivity index (χ1) is 11.8. The Labute approximate surface area is 145 Å². The van der Waals surface area contributed by atoms with Gasteiger partial charge in [0.25, 0.3) is 0 Å². The molecular weight excluding hydrogens is 318 g/mol. The lowest BCUT2D eigenvalue weighted by molar-refractivity contribution is 1.22. The average Bonchev–Trinajstić information content (AvgIpc) is 2.63. The largest absolute Gasteiger partial charge is 0.339 e. The lowest BCUT2D eigenvalue weighted by Gasteiger charge is -2.13. The van der Waals surface area contributed by atoms with Crippen molar-refractivity contribution in [2.75, 3.05) is 5.32 Å². The molecule has 0 saturated heterocycles. The number of nitrogens with zero attached hydrogens (tertiary/aromatic N) is 2. The smallest absolute Gasteiger partial charge is 0.141 e. The Hall–Kier alpha value is -2.91. The van der Waals surface area contributed by atoms with Crippen LogP contribution >= 0.6 is 11.6 Å². The van der Waals surface area contributed by atoms with E-state index in [4.69, 9.17) is 11.6 Å². The molecule has 0 amide bonds. The predicted molar refractivity (Wildman–Crippen MR) is 99.7 cm³/mol. The van der Waals surface area contributed by atoms with E-state index in [2.05, 4.69) is 21.4 Å². The number of hydrogen-bond acceptors (Lipinski definition) is 3. The van der Waals surface area contributed by atoms with Crippen LogP contribution < -0.4 is 5.32 Å². The first-order valence-electron chi connectivity index (χ1n) is 7.63. The summed E-state index contributed by atoms with van der Waals surface area (Å²) in [5.74, 6) is 0.794. The Morgan fingerprint density at radius 2 is 1.50 bits per heavy atom. The second-order valence-corrected chi connectivity index (χ2v) is 5.85. The number of aromatic nitrogens is 2. The van der Waals surface area contributed by atoms with E-state index in [1.165, 1.54) is 0 Å². The van der Waals surface area contributed by atoms with Crippen LogP contribution in [0.4, 0.5) is 11.5 Å². The van der Waals surface area contributed by atoms with E-state index in [1.54, 1.807) is 6.33 Å². The summed E-state index contributed by atoms with van der Waals surface area (Å²) in [6.45, 7) is 0. The summed E-state index contributed by atoms with van der Waals surface area (Å²) in [5, 5.41) is 5.16. The molecule has 0 aliphatic carbocycles. The van der Waals surface area contributed by atoms with Crippen molar-refractivity contribution in [3.8, 4) is 11.1 Å². The highest BCUT2D eigenvalue weighted by molar-refractivity contribution is 6.30. The van der Waals surface area contributed by atoms with Crippen LogP contribution in [0.3, 0.4) is 0 Å². The Morgan fingerprint density at radius 3 is 2.38 bits per heavy atom. The molecule has 0 fully saturated rings. The summed E-state index contributed by atoms with van der Waals surface area (Å²) in [6, 6.07) is 23.9. The molecule has 3 nitrogen and oxygen atoms in total. The minimum Gasteiger partial charge on any atom is -0.339 e. The highest BCUT2D eigenvalue weighted by Gasteiger charge is 2.08. The minimum atomic E-state index is 0.728. The summed E-state index contributed by atoms with van der Waals surface area (Å²) in [6.07, 6.45) is 1.58. The number of halogens is 1. The topological polar surface area (TPSA) is 37.8 Å². The zero-order chi connectivity index (χ0) is 16.4. The van der Waals surface area contributed by atoms with Gasteiger partial charge < -0.3 is 5.32 Å². The van der Waals surface area contributed by atoms with E-state index in [9.17, 15) is 0 Å². The molecule has 0 aliphatic heterocycles. The Morgan fingerprint density at radius 1 is 0.750 bits per heavy atom. The standard InChI is InChI=1S/C20H14ClN3/c21-15-11-9-14(10-12-15)16-5-1-4-8-19(16)24-20-17-6-2-3-7-18(17)22-13-23-20/h1-13H,(H,22,23,24). The summed E-state index contributed by atoms with van der Waals surface area (Å²) >= 11 is 6.00. The first kappa shape index (κ1) is 14.7. The van der Waals surface area contributed by atoms with Gasteiger partial charge >= 0.3 is 0 Å². The van der Waals surface area contributed by atoms with Crippen molar-refractivity contribution in [3.63, 3.8) is 0 Å². The fourth-order valence-corrected chi connectivity index (χ4v) is 2.83. The number of fused-ring (bicyclic) bond motifs is 1. The summed E-state index contributed by atoms with van der Waals surface area (Å²) in [5.41, 5.74) is 4.10. The van der Waals surface area contributed by atoms with Crippen molar-refractivity contribution in [2.24, 2.45) is 0 Å². The molecule has 0 bridgehead atoms. The predicted octanol–water partition coefficient (Wildman–Crippen LogP) is 5.69. The van der Waals surface area contributed by atoms with Crippen molar-refractivity contribution in [1.29, 1.82) is 0 Å². The van der Waals surface area contributed by atoms with E-state index in [-0.39, 0.29) is 0 Å². The highest BCUT2D eigenvalue weighted by atomic mass is 35.5. The van der Waals surface area contributed by atoms with Crippen LogP contribution in [-0.4, -0.2) is 9.97 Å². The molecule has 1 aromatic heterocycles. The van der Waals surface area contributed by atoms with E-state index in [0.717, 1.165) is 38.6 Å². The normalized spacial score (nSPS) is 10.7. The molecular formula is C20H14ClN3. The number of nitrogens with one attached hydrogen (secondary N) is 1. The fraction of sp³-hybridized carbons (Fsp3) is 0. The lowest BCUT2D eigenvalue weighted by atomic mass is 10.0. The van der Waals surface area contributed by atoms with E-state index >= 15 is 0 Å². The molecule has 3 aromatic carbocycles. The number of anilines is 2. The van der Waals surface area contributed by atoms with Crippen molar-refractivity contribution in [3.05, 3.63) is 84.1 Å². The van der Waals surface area contributed by atoms with Gasteiger partial charge in [-0.05, 0) is 35.9 Å². The molecule has 1 heterocycles. The van der Waals surface area contributed by atoms with E-state index < -0.39 is 0 Å². The molecule has 116 valence electrons. The number of para-hydroxylation sites is 2. The number of rotatable bonds is 3. The van der Waals surface area contributed by atoms with Gasteiger partial charge in [0.2, 0.25) is 0 Å². The average molecular weight is 332 g/mol. The van der Waals surface area contributed by atoms with Crippen LogP contribution in [0.25, 0.3) is 22.0 Å². The van der Waals surface area contributed by atoms with E-state index in [0.29, 0.717) is 0 Å². The monoisotopic (exact) mass is 331 g/mol. The molecule has 0 aliphatic rings. The van der Waals surface area contributed by atoms with Crippen molar-refractivity contribution >= 4 is 34.0 Å². The van der Waals surface area contributed by atoms with Crippen LogP contribution in [0.5, 0.6) is 0 Å². The molecule has 0 atom stereocenters. The molecule has 0 radical (unpaired) electrons. The Bertz CT molecular complexity index is 992. The first-order valence-corrected chi connectivity index (χ1v) is 8.01. The van der Waals surface area contributed by atoms with Gasteiger partial charge in [0.1, 0.15) is 12.1 Å². The van der Waals surface area contributed by atoms with Gasteiger partial charge in [-0.1, -0.05) is 54.1 Å². The Kier molecular flexibility index (Phi) is 3.85. The highest BCUT2D eigenvalue weighted by Crippen LogP contribution is 2.32. The zero-order valence-corrected chi connectivity index (χ0v) is 13.5. The second kappa shape index (κ2) is 6.30. The molecule has 4 heteroatoms. The van der Waals surface area contributed by atoms with Gasteiger partial charge in [-0.2, -0.15) is 0 Å². The van der Waals surface area contributed by atoms with Crippen LogP contribution in [0.2, 0.25) is 5.02 Å². The summed E-state index contributed by atoms with van der Waals surface area (Å²) in [4.78, 5) is 8.72. The van der Waals surface area contributed by atoms with Gasteiger partial charge in [0, 0.05) is 21.7 Å². The van der Waals surface area contributed by atoms with Crippen LogP contribution in [0, 0.1) is 0 Å². The third kappa shape index (κ3) is 2.82. The molecule has 0 saturated carbocycles. The van der Waals surface area contributed by atoms with Gasteiger partial charge in [-0.3, -0.25) is 0 Å². The molecule has 4 rings (SSSR count). The molecule has 24 heavy (non-hydrogen) atoms. The lowest BCUT2D eigenvalue weighted by Crippen LogP contribution is -1.97. The molecule has 4 aromatic rings. The summed E-state index contributed by atoms with van der Waals surface area (Å²) in [7, 11) is 0. The van der Waals surface area contributed by atoms with Gasteiger partial charge in [0.05, 0.1) is 5.52 Å². The van der Waals surface area contributed by atoms with Crippen molar-refractivity contribution < 1.29 is 0 Å². The minimum absolute atomic E-state index is 0.728. The maximum atomic E-state index is 6.00. The maximum Gasteiger partial charge on any atom is 0.141 e. The van der Waals surface area contributed by atoms with E-state index in [1.807, 2.05) is 66.7 Å². The number of benzene rings is 3. The third-order valence-electron chi connectivity index (χ3n) is 3.88. The second-order valence-electron chi connectivity index (χ2n) is 5.42. The number of hydrogen-bond donors (Lipinski definition) is 1. The van der Waals surface area contributed by atoms with Crippen LogP contribution in [0.1, 0.15) is 0 Å². The Balaban J connectivity index is 1.79. The fourth-order valence-electron chi connectivity index (χ4n) is 2.71. The van der Waals surface area contributed by atoms with Crippen LogP contribution in [-0.2, 0) is 0 Å². The molecule has 0 spiro atoms. The summed E-state index contributed by atoms with van der Waals surface area (Å²) < 4.78 is 0. The zero-order valence-electron chi connectivity index (χ0n) is 12.8.